The summed E-state index contributed by atoms with van der Waals surface area (Å²) in [7, 11) is 1.22. The number of aromatic nitrogens is 1. The van der Waals surface area contributed by atoms with Gasteiger partial charge < -0.3 is 9.64 Å². The number of methoxy groups -OCH3 is 1. The van der Waals surface area contributed by atoms with Crippen molar-refractivity contribution in [1.29, 1.82) is 0 Å². The van der Waals surface area contributed by atoms with E-state index >= 15 is 0 Å². The van der Waals surface area contributed by atoms with Crippen molar-refractivity contribution in [3.63, 3.8) is 0 Å². The SMILES string of the molecule is COC(=O)Nc1nc2c(s1)CN(C(=O)c1ccccc1C(F)(F)F)CC2. The van der Waals surface area contributed by atoms with Gasteiger partial charge in [0.2, 0.25) is 0 Å². The lowest BCUT2D eigenvalue weighted by Gasteiger charge is -2.27. The highest BCUT2D eigenvalue weighted by atomic mass is 32.1. The molecule has 0 bridgehead atoms. The Hall–Kier alpha value is -2.62. The van der Waals surface area contributed by atoms with E-state index in [4.69, 9.17) is 0 Å². The van der Waals surface area contributed by atoms with Gasteiger partial charge in [0.15, 0.2) is 5.13 Å². The van der Waals surface area contributed by atoms with Crippen molar-refractivity contribution < 1.29 is 27.5 Å². The van der Waals surface area contributed by atoms with E-state index in [-0.39, 0.29) is 18.7 Å². The van der Waals surface area contributed by atoms with Crippen molar-refractivity contribution in [2.24, 2.45) is 0 Å². The van der Waals surface area contributed by atoms with Crippen molar-refractivity contribution in [2.75, 3.05) is 19.0 Å². The van der Waals surface area contributed by atoms with Gasteiger partial charge in [0.1, 0.15) is 0 Å². The van der Waals surface area contributed by atoms with Crippen LogP contribution in [0.15, 0.2) is 24.3 Å². The Morgan fingerprint density at radius 2 is 2.04 bits per heavy atom. The quantitative estimate of drug-likeness (QED) is 0.858. The fourth-order valence-corrected chi connectivity index (χ4v) is 3.66. The summed E-state index contributed by atoms with van der Waals surface area (Å²) in [6.07, 6.45) is -4.87. The lowest BCUT2D eigenvalue weighted by atomic mass is 10.0. The number of amides is 2. The standard InChI is InChI=1S/C16H14F3N3O3S/c1-25-15(24)21-14-20-11-6-7-22(8-12(11)26-14)13(23)9-4-2-3-5-10(9)16(17,18)19/h2-5H,6-8H2,1H3,(H,20,21,24). The normalized spacial score (nSPS) is 13.9. The van der Waals surface area contributed by atoms with Crippen LogP contribution in [0.2, 0.25) is 0 Å². The molecule has 0 unspecified atom stereocenters. The Morgan fingerprint density at radius 1 is 1.31 bits per heavy atom. The molecule has 2 heterocycles. The maximum Gasteiger partial charge on any atom is 0.417 e. The molecule has 10 heteroatoms. The van der Waals surface area contributed by atoms with Crippen molar-refractivity contribution in [1.82, 2.24) is 9.88 Å². The lowest BCUT2D eigenvalue weighted by Crippen LogP contribution is -2.36. The van der Waals surface area contributed by atoms with Crippen molar-refractivity contribution >= 4 is 28.5 Å². The molecule has 138 valence electrons. The van der Waals surface area contributed by atoms with Crippen LogP contribution in [0.5, 0.6) is 0 Å². The number of ether oxygens (including phenoxy) is 1. The van der Waals surface area contributed by atoms with Gasteiger partial charge in [-0.15, -0.1) is 0 Å². The number of thiazole rings is 1. The average Bonchev–Trinajstić information content (AvgIpc) is 3.01. The van der Waals surface area contributed by atoms with Gasteiger partial charge in [0.05, 0.1) is 30.5 Å². The third-order valence-corrected chi connectivity index (χ3v) is 4.87. The average molecular weight is 385 g/mol. The third-order valence-electron chi connectivity index (χ3n) is 3.88. The Balaban J connectivity index is 1.81. The molecule has 0 spiro atoms. The second-order valence-corrected chi connectivity index (χ2v) is 6.61. The highest BCUT2D eigenvalue weighted by Gasteiger charge is 2.36. The number of halogens is 3. The number of nitrogens with one attached hydrogen (secondary N) is 1. The first-order valence-electron chi connectivity index (χ1n) is 7.58. The molecule has 0 aliphatic carbocycles. The molecule has 1 aliphatic rings. The van der Waals surface area contributed by atoms with Crippen LogP contribution in [0.25, 0.3) is 0 Å². The maximum atomic E-state index is 13.1. The number of carbonyl (C=O) groups excluding carboxylic acids is 2. The number of nitrogens with zero attached hydrogens (tertiary/aromatic N) is 2. The molecule has 1 aromatic heterocycles. The van der Waals surface area contributed by atoms with Crippen LogP contribution in [0.4, 0.5) is 23.1 Å². The fraction of sp³-hybridized carbons (Fsp3) is 0.312. The van der Waals surface area contributed by atoms with Gasteiger partial charge >= 0.3 is 12.3 Å². The first kappa shape index (κ1) is 18.2. The number of fused-ring (bicyclic) bond motifs is 1. The Labute approximate surface area is 150 Å². The van der Waals surface area contributed by atoms with Gasteiger partial charge in [-0.3, -0.25) is 10.1 Å². The molecule has 0 fully saturated rings. The van der Waals surface area contributed by atoms with Gasteiger partial charge in [-0.2, -0.15) is 13.2 Å². The first-order valence-corrected chi connectivity index (χ1v) is 8.40. The Bertz CT molecular complexity index is 851. The van der Waals surface area contributed by atoms with Gasteiger partial charge in [0, 0.05) is 17.8 Å². The van der Waals surface area contributed by atoms with Crippen LogP contribution in [0, 0.1) is 0 Å². The molecule has 0 saturated carbocycles. The van der Waals surface area contributed by atoms with E-state index in [2.05, 4.69) is 15.0 Å². The van der Waals surface area contributed by atoms with E-state index in [0.717, 1.165) is 16.6 Å². The molecule has 26 heavy (non-hydrogen) atoms. The van der Waals surface area contributed by atoms with E-state index in [9.17, 15) is 22.8 Å². The number of benzene rings is 1. The highest BCUT2D eigenvalue weighted by Crippen LogP contribution is 2.34. The van der Waals surface area contributed by atoms with Crippen molar-refractivity contribution in [2.45, 2.75) is 19.1 Å². The summed E-state index contributed by atoms with van der Waals surface area (Å²) in [5, 5.41) is 2.77. The van der Waals surface area contributed by atoms with Gasteiger partial charge in [-0.1, -0.05) is 23.5 Å². The minimum Gasteiger partial charge on any atom is -0.453 e. The molecular formula is C16H14F3N3O3S. The maximum absolute atomic E-state index is 13.1. The summed E-state index contributed by atoms with van der Waals surface area (Å²) in [5.41, 5.74) is -0.608. The Morgan fingerprint density at radius 3 is 2.73 bits per heavy atom. The van der Waals surface area contributed by atoms with Crippen molar-refractivity contribution in [3.8, 4) is 0 Å². The zero-order valence-corrected chi connectivity index (χ0v) is 14.4. The predicted octanol–water partition coefficient (Wildman–Crippen LogP) is 3.54. The number of hydrogen-bond donors (Lipinski definition) is 1. The second-order valence-electron chi connectivity index (χ2n) is 5.53. The number of rotatable bonds is 2. The lowest BCUT2D eigenvalue weighted by molar-refractivity contribution is -0.138. The molecule has 6 nitrogen and oxygen atoms in total. The van der Waals surface area contributed by atoms with Crippen LogP contribution < -0.4 is 5.32 Å². The molecule has 1 N–H and O–H groups in total. The van der Waals surface area contributed by atoms with E-state index in [1.165, 1.54) is 41.5 Å². The van der Waals surface area contributed by atoms with Crippen LogP contribution in [-0.2, 0) is 23.9 Å². The molecule has 2 aromatic rings. The number of carbonyl (C=O) groups is 2. The van der Waals surface area contributed by atoms with E-state index in [1.54, 1.807) is 0 Å². The summed E-state index contributed by atoms with van der Waals surface area (Å²) in [5.74, 6) is -0.681. The van der Waals surface area contributed by atoms with Gasteiger partial charge in [0.25, 0.3) is 5.91 Å². The summed E-state index contributed by atoms with van der Waals surface area (Å²) in [6, 6.07) is 4.73. The molecular weight excluding hydrogens is 371 g/mol. The van der Waals surface area contributed by atoms with Crippen LogP contribution in [-0.4, -0.2) is 35.5 Å². The van der Waals surface area contributed by atoms with Crippen molar-refractivity contribution in [3.05, 3.63) is 46.0 Å². The zero-order valence-electron chi connectivity index (χ0n) is 13.6. The topological polar surface area (TPSA) is 71.5 Å². The monoisotopic (exact) mass is 385 g/mol. The minimum atomic E-state index is -4.60. The van der Waals surface area contributed by atoms with Crippen LogP contribution in [0.3, 0.4) is 0 Å². The summed E-state index contributed by atoms with van der Waals surface area (Å²) >= 11 is 1.17. The second kappa shape index (κ2) is 6.94. The molecule has 0 atom stereocenters. The largest absolute Gasteiger partial charge is 0.453 e. The first-order chi connectivity index (χ1) is 12.3. The van der Waals surface area contributed by atoms with Gasteiger partial charge in [-0.25, -0.2) is 9.78 Å². The minimum absolute atomic E-state index is 0.140. The number of alkyl halides is 3. The zero-order chi connectivity index (χ0) is 18.9. The smallest absolute Gasteiger partial charge is 0.417 e. The molecule has 0 radical (unpaired) electrons. The molecule has 1 aromatic carbocycles. The number of hydrogen-bond acceptors (Lipinski definition) is 5. The molecule has 3 rings (SSSR count). The predicted molar refractivity (Wildman–Crippen MR) is 88.0 cm³/mol. The third kappa shape index (κ3) is 3.64. The fourth-order valence-electron chi connectivity index (χ4n) is 2.65. The van der Waals surface area contributed by atoms with Gasteiger partial charge in [-0.05, 0) is 12.1 Å². The van der Waals surface area contributed by atoms with E-state index in [0.29, 0.717) is 11.6 Å². The molecule has 0 saturated heterocycles. The van der Waals surface area contributed by atoms with E-state index < -0.39 is 23.7 Å². The van der Waals surface area contributed by atoms with Crippen LogP contribution in [0.1, 0.15) is 26.5 Å². The Kier molecular flexibility index (Phi) is 4.86. The highest BCUT2D eigenvalue weighted by molar-refractivity contribution is 7.15. The molecule has 1 aliphatic heterocycles. The number of anilines is 1. The summed E-state index contributed by atoms with van der Waals surface area (Å²) < 4.78 is 43.9. The molecule has 2 amide bonds. The summed E-state index contributed by atoms with van der Waals surface area (Å²) in [6.45, 7) is 0.389. The van der Waals surface area contributed by atoms with E-state index in [1.807, 2.05) is 0 Å². The summed E-state index contributed by atoms with van der Waals surface area (Å²) in [4.78, 5) is 30.2. The van der Waals surface area contributed by atoms with Crippen LogP contribution >= 0.6 is 11.3 Å².